The average Bonchev–Trinajstić information content (AvgIpc) is 2.39. The molecule has 1 aromatic heterocycles. The fourth-order valence-corrected chi connectivity index (χ4v) is 2.70. The average molecular weight is 277 g/mol. The zero-order chi connectivity index (χ0) is 13.7. The Kier molecular flexibility index (Phi) is 5.17. The first-order chi connectivity index (χ1) is 9.24. The Labute approximate surface area is 120 Å². The van der Waals surface area contributed by atoms with Gasteiger partial charge in [-0.25, -0.2) is 0 Å². The summed E-state index contributed by atoms with van der Waals surface area (Å²) in [4.78, 5) is 4.40. The molecular weight excluding hydrogens is 256 g/mol. The number of fused-ring (bicyclic) bond motifs is 1. The summed E-state index contributed by atoms with van der Waals surface area (Å²) >= 11 is 6.02. The molecule has 0 saturated heterocycles. The van der Waals surface area contributed by atoms with Crippen molar-refractivity contribution < 1.29 is 0 Å². The maximum absolute atomic E-state index is 6.02. The van der Waals surface area contributed by atoms with Crippen LogP contribution in [-0.4, -0.2) is 17.6 Å². The standard InChI is InChI=1S/C16H21ClN2/c1-3-5-14(18-4-2)10-12-8-9-19-16-11-13(17)6-7-15(12)16/h6-9,11,14,18H,3-5,10H2,1-2H3. The van der Waals surface area contributed by atoms with E-state index in [0.29, 0.717) is 6.04 Å². The second kappa shape index (κ2) is 6.88. The summed E-state index contributed by atoms with van der Waals surface area (Å²) in [5.74, 6) is 0. The molecule has 0 fully saturated rings. The van der Waals surface area contributed by atoms with Crippen molar-refractivity contribution in [2.45, 2.75) is 39.2 Å². The molecule has 1 atom stereocenters. The van der Waals surface area contributed by atoms with Crippen LogP contribution in [-0.2, 0) is 6.42 Å². The fraction of sp³-hybridized carbons (Fsp3) is 0.438. The fourth-order valence-electron chi connectivity index (χ4n) is 2.54. The molecule has 1 aromatic carbocycles. The molecule has 0 saturated carbocycles. The highest BCUT2D eigenvalue weighted by Gasteiger charge is 2.10. The van der Waals surface area contributed by atoms with Gasteiger partial charge >= 0.3 is 0 Å². The third kappa shape index (κ3) is 3.68. The van der Waals surface area contributed by atoms with Gasteiger partial charge in [0.25, 0.3) is 0 Å². The van der Waals surface area contributed by atoms with Gasteiger partial charge in [0, 0.05) is 22.6 Å². The first kappa shape index (κ1) is 14.3. The van der Waals surface area contributed by atoms with Gasteiger partial charge in [-0.2, -0.15) is 0 Å². The molecule has 0 aliphatic heterocycles. The van der Waals surface area contributed by atoms with Crippen LogP contribution >= 0.6 is 11.6 Å². The molecule has 2 aromatic rings. The molecule has 1 heterocycles. The molecule has 1 unspecified atom stereocenters. The minimum Gasteiger partial charge on any atom is -0.314 e. The molecule has 0 spiro atoms. The summed E-state index contributed by atoms with van der Waals surface area (Å²) in [6.07, 6.45) is 5.32. The van der Waals surface area contributed by atoms with E-state index in [0.717, 1.165) is 23.5 Å². The van der Waals surface area contributed by atoms with Crippen molar-refractivity contribution in [3.05, 3.63) is 41.0 Å². The van der Waals surface area contributed by atoms with Crippen LogP contribution in [0.1, 0.15) is 32.3 Å². The number of hydrogen-bond acceptors (Lipinski definition) is 2. The smallest absolute Gasteiger partial charge is 0.0719 e. The molecule has 3 heteroatoms. The Balaban J connectivity index is 2.28. The highest BCUT2D eigenvalue weighted by Crippen LogP contribution is 2.22. The summed E-state index contributed by atoms with van der Waals surface area (Å²) in [6, 6.07) is 8.61. The molecule has 0 bridgehead atoms. The summed E-state index contributed by atoms with van der Waals surface area (Å²) in [6.45, 7) is 5.40. The van der Waals surface area contributed by atoms with Gasteiger partial charge in [-0.3, -0.25) is 4.98 Å². The van der Waals surface area contributed by atoms with E-state index in [2.05, 4.69) is 36.3 Å². The Bertz CT molecular complexity index is 533. The van der Waals surface area contributed by atoms with Crippen molar-refractivity contribution in [3.63, 3.8) is 0 Å². The Hall–Kier alpha value is -1.12. The van der Waals surface area contributed by atoms with E-state index in [1.807, 2.05) is 18.3 Å². The van der Waals surface area contributed by atoms with E-state index in [9.17, 15) is 0 Å². The van der Waals surface area contributed by atoms with Gasteiger partial charge in [0.15, 0.2) is 0 Å². The number of aromatic nitrogens is 1. The topological polar surface area (TPSA) is 24.9 Å². The van der Waals surface area contributed by atoms with Crippen LogP contribution in [0.2, 0.25) is 5.02 Å². The van der Waals surface area contributed by atoms with Gasteiger partial charge < -0.3 is 5.32 Å². The van der Waals surface area contributed by atoms with E-state index in [4.69, 9.17) is 11.6 Å². The van der Waals surface area contributed by atoms with Gasteiger partial charge in [0.05, 0.1) is 5.52 Å². The third-order valence-corrected chi connectivity index (χ3v) is 3.63. The molecule has 0 aliphatic carbocycles. The summed E-state index contributed by atoms with van der Waals surface area (Å²) in [7, 11) is 0. The van der Waals surface area contributed by atoms with Crippen LogP contribution in [0.4, 0.5) is 0 Å². The molecule has 2 nitrogen and oxygen atoms in total. The number of halogens is 1. The molecule has 102 valence electrons. The zero-order valence-corrected chi connectivity index (χ0v) is 12.4. The van der Waals surface area contributed by atoms with E-state index in [-0.39, 0.29) is 0 Å². The minimum absolute atomic E-state index is 0.538. The second-order valence-electron chi connectivity index (χ2n) is 4.88. The van der Waals surface area contributed by atoms with Crippen LogP contribution in [0.25, 0.3) is 10.9 Å². The number of likely N-dealkylation sites (N-methyl/N-ethyl adjacent to an activating group) is 1. The van der Waals surface area contributed by atoms with Crippen molar-refractivity contribution in [1.82, 2.24) is 10.3 Å². The van der Waals surface area contributed by atoms with E-state index in [1.165, 1.54) is 23.8 Å². The number of benzene rings is 1. The lowest BCUT2D eigenvalue weighted by Gasteiger charge is -2.18. The Morgan fingerprint density at radius 1 is 1.26 bits per heavy atom. The molecule has 0 radical (unpaired) electrons. The van der Waals surface area contributed by atoms with E-state index < -0.39 is 0 Å². The zero-order valence-electron chi connectivity index (χ0n) is 11.6. The van der Waals surface area contributed by atoms with Crippen molar-refractivity contribution >= 4 is 22.5 Å². The highest BCUT2D eigenvalue weighted by molar-refractivity contribution is 6.31. The Morgan fingerprint density at radius 2 is 2.11 bits per heavy atom. The van der Waals surface area contributed by atoms with Crippen molar-refractivity contribution in [2.24, 2.45) is 0 Å². The summed E-state index contributed by atoms with van der Waals surface area (Å²) in [5.41, 5.74) is 2.33. The predicted octanol–water partition coefficient (Wildman–Crippen LogP) is 4.21. The SMILES string of the molecule is CCCC(Cc1ccnc2cc(Cl)ccc12)NCC. The molecule has 0 aliphatic rings. The number of nitrogens with zero attached hydrogens (tertiary/aromatic N) is 1. The van der Waals surface area contributed by atoms with E-state index >= 15 is 0 Å². The molecule has 19 heavy (non-hydrogen) atoms. The minimum atomic E-state index is 0.538. The maximum Gasteiger partial charge on any atom is 0.0719 e. The van der Waals surface area contributed by atoms with Gasteiger partial charge in [-0.1, -0.05) is 37.9 Å². The van der Waals surface area contributed by atoms with Crippen molar-refractivity contribution in [2.75, 3.05) is 6.54 Å². The lowest BCUT2D eigenvalue weighted by atomic mass is 9.99. The first-order valence-electron chi connectivity index (χ1n) is 7.01. The van der Waals surface area contributed by atoms with Gasteiger partial charge in [0.1, 0.15) is 0 Å². The van der Waals surface area contributed by atoms with Crippen LogP contribution in [0.15, 0.2) is 30.5 Å². The molecule has 1 N–H and O–H groups in total. The van der Waals surface area contributed by atoms with Crippen LogP contribution in [0.5, 0.6) is 0 Å². The quantitative estimate of drug-likeness (QED) is 0.855. The van der Waals surface area contributed by atoms with Crippen molar-refractivity contribution in [3.8, 4) is 0 Å². The lowest BCUT2D eigenvalue weighted by Crippen LogP contribution is -2.30. The molecular formula is C16H21ClN2. The second-order valence-corrected chi connectivity index (χ2v) is 5.32. The molecule has 0 amide bonds. The van der Waals surface area contributed by atoms with Crippen LogP contribution in [0, 0.1) is 0 Å². The van der Waals surface area contributed by atoms with Crippen molar-refractivity contribution in [1.29, 1.82) is 0 Å². The Morgan fingerprint density at radius 3 is 2.84 bits per heavy atom. The van der Waals surface area contributed by atoms with Gasteiger partial charge in [-0.15, -0.1) is 0 Å². The number of nitrogens with one attached hydrogen (secondary N) is 1. The van der Waals surface area contributed by atoms with Gasteiger partial charge in [-0.05, 0) is 43.1 Å². The van der Waals surface area contributed by atoms with Crippen LogP contribution < -0.4 is 5.32 Å². The lowest BCUT2D eigenvalue weighted by molar-refractivity contribution is 0.487. The summed E-state index contributed by atoms with van der Waals surface area (Å²) < 4.78 is 0. The van der Waals surface area contributed by atoms with Gasteiger partial charge in [0.2, 0.25) is 0 Å². The third-order valence-electron chi connectivity index (χ3n) is 3.39. The normalized spacial score (nSPS) is 12.8. The monoisotopic (exact) mass is 276 g/mol. The maximum atomic E-state index is 6.02. The molecule has 2 rings (SSSR count). The summed E-state index contributed by atoms with van der Waals surface area (Å²) in [5, 5.41) is 5.52. The highest BCUT2D eigenvalue weighted by atomic mass is 35.5. The predicted molar refractivity (Wildman–Crippen MR) is 82.8 cm³/mol. The van der Waals surface area contributed by atoms with E-state index in [1.54, 1.807) is 0 Å². The number of rotatable bonds is 6. The van der Waals surface area contributed by atoms with Crippen LogP contribution in [0.3, 0.4) is 0 Å². The first-order valence-corrected chi connectivity index (χ1v) is 7.39. The number of hydrogen-bond donors (Lipinski definition) is 1. The largest absolute Gasteiger partial charge is 0.314 e. The number of pyridine rings is 1.